The van der Waals surface area contributed by atoms with Crippen LogP contribution in [0.25, 0.3) is 0 Å². The second-order valence-electron chi connectivity index (χ2n) is 5.21. The number of anilines is 1. The minimum Gasteiger partial charge on any atom is -0.444 e. The summed E-state index contributed by atoms with van der Waals surface area (Å²) < 4.78 is 5.51. The highest BCUT2D eigenvalue weighted by atomic mass is 32.1. The summed E-state index contributed by atoms with van der Waals surface area (Å²) in [5.74, 6) is 1.99. The number of aliphatic imine (C=N–C) groups is 1. The van der Waals surface area contributed by atoms with Crippen molar-refractivity contribution in [3.05, 3.63) is 28.9 Å². The molecule has 118 valence electrons. The third kappa shape index (κ3) is 3.22. The van der Waals surface area contributed by atoms with Crippen LogP contribution in [0.5, 0.6) is 0 Å². The van der Waals surface area contributed by atoms with Crippen molar-refractivity contribution < 1.29 is 4.42 Å². The molecule has 2 aromatic rings. The largest absolute Gasteiger partial charge is 0.444 e. The molecule has 0 amide bonds. The molecule has 0 aliphatic carbocycles. The van der Waals surface area contributed by atoms with Gasteiger partial charge in [0.05, 0.1) is 5.69 Å². The second kappa shape index (κ2) is 6.35. The minimum absolute atomic E-state index is 0.382. The summed E-state index contributed by atoms with van der Waals surface area (Å²) in [6.07, 6.45) is 1.84. The van der Waals surface area contributed by atoms with E-state index in [1.807, 2.05) is 25.4 Å². The van der Waals surface area contributed by atoms with E-state index < -0.39 is 0 Å². The third-order valence-electron chi connectivity index (χ3n) is 3.74. The lowest BCUT2D eigenvalue weighted by molar-refractivity contribution is 0.379. The Bertz CT molecular complexity index is 623. The van der Waals surface area contributed by atoms with Crippen LogP contribution in [-0.4, -0.2) is 47.0 Å². The van der Waals surface area contributed by atoms with E-state index in [0.29, 0.717) is 18.4 Å². The van der Waals surface area contributed by atoms with Gasteiger partial charge in [0.2, 0.25) is 5.89 Å². The molecule has 1 fully saturated rings. The zero-order valence-corrected chi connectivity index (χ0v) is 13.6. The lowest BCUT2D eigenvalue weighted by Gasteiger charge is -2.35. The average Bonchev–Trinajstić information content (AvgIpc) is 3.16. The topological polar surface area (TPSA) is 83.8 Å². The van der Waals surface area contributed by atoms with Gasteiger partial charge in [-0.1, -0.05) is 0 Å². The Morgan fingerprint density at radius 2 is 2.14 bits per heavy atom. The predicted molar refractivity (Wildman–Crippen MR) is 87.2 cm³/mol. The monoisotopic (exact) mass is 320 g/mol. The molecule has 0 atom stereocenters. The SMILES string of the molecule is Cc1nc(CN=C(N)N2CCN(c3nccs3)CC2)oc1C. The first-order chi connectivity index (χ1) is 10.6. The Hall–Kier alpha value is -2.09. The number of guanidine groups is 1. The van der Waals surface area contributed by atoms with Gasteiger partial charge >= 0.3 is 0 Å². The van der Waals surface area contributed by atoms with E-state index in [1.165, 1.54) is 0 Å². The molecule has 0 unspecified atom stereocenters. The fraction of sp³-hybridized carbons (Fsp3) is 0.500. The van der Waals surface area contributed by atoms with Crippen molar-refractivity contribution in [3.8, 4) is 0 Å². The first-order valence-corrected chi connectivity index (χ1v) is 8.13. The molecule has 1 saturated heterocycles. The smallest absolute Gasteiger partial charge is 0.216 e. The van der Waals surface area contributed by atoms with Crippen molar-refractivity contribution in [2.45, 2.75) is 20.4 Å². The summed E-state index contributed by atoms with van der Waals surface area (Å²) in [4.78, 5) is 17.4. The van der Waals surface area contributed by atoms with Crippen LogP contribution in [0.4, 0.5) is 5.13 Å². The Labute approximate surface area is 133 Å². The van der Waals surface area contributed by atoms with Crippen LogP contribution < -0.4 is 10.6 Å². The van der Waals surface area contributed by atoms with E-state index in [9.17, 15) is 0 Å². The van der Waals surface area contributed by atoms with Gasteiger partial charge in [-0.2, -0.15) is 0 Å². The highest BCUT2D eigenvalue weighted by molar-refractivity contribution is 7.13. The van der Waals surface area contributed by atoms with Crippen LogP contribution in [0, 0.1) is 13.8 Å². The van der Waals surface area contributed by atoms with Crippen molar-refractivity contribution in [3.63, 3.8) is 0 Å². The number of nitrogens with two attached hydrogens (primary N) is 1. The van der Waals surface area contributed by atoms with E-state index in [2.05, 4.69) is 24.8 Å². The van der Waals surface area contributed by atoms with E-state index in [0.717, 1.165) is 42.8 Å². The number of hydrogen-bond donors (Lipinski definition) is 1. The van der Waals surface area contributed by atoms with Crippen LogP contribution in [0.3, 0.4) is 0 Å². The lowest BCUT2D eigenvalue weighted by atomic mass is 10.3. The van der Waals surface area contributed by atoms with Gasteiger partial charge in [0.1, 0.15) is 12.3 Å². The molecule has 2 aromatic heterocycles. The predicted octanol–water partition coefficient (Wildman–Crippen LogP) is 1.38. The number of thiazole rings is 1. The Morgan fingerprint density at radius 3 is 2.73 bits per heavy atom. The molecule has 3 heterocycles. The first-order valence-electron chi connectivity index (χ1n) is 7.25. The maximum absolute atomic E-state index is 6.08. The van der Waals surface area contributed by atoms with Crippen molar-refractivity contribution in [1.29, 1.82) is 0 Å². The molecule has 2 N–H and O–H groups in total. The van der Waals surface area contributed by atoms with Crippen molar-refractivity contribution in [2.75, 3.05) is 31.1 Å². The minimum atomic E-state index is 0.382. The molecule has 0 spiro atoms. The lowest BCUT2D eigenvalue weighted by Crippen LogP contribution is -2.51. The first kappa shape index (κ1) is 14.8. The number of nitrogens with zero attached hydrogens (tertiary/aromatic N) is 5. The molecular weight excluding hydrogens is 300 g/mol. The maximum Gasteiger partial charge on any atom is 0.216 e. The summed E-state index contributed by atoms with van der Waals surface area (Å²) >= 11 is 1.66. The molecule has 0 bridgehead atoms. The molecule has 22 heavy (non-hydrogen) atoms. The standard InChI is InChI=1S/C14H20N6OS/c1-10-11(2)21-12(18-10)9-17-13(15)19-4-6-20(7-5-19)14-16-3-8-22-14/h3,8H,4-7,9H2,1-2H3,(H2,15,17). The number of piperazine rings is 1. The van der Waals surface area contributed by atoms with Crippen molar-refractivity contribution in [1.82, 2.24) is 14.9 Å². The van der Waals surface area contributed by atoms with Gasteiger partial charge in [0.15, 0.2) is 11.1 Å². The van der Waals surface area contributed by atoms with Gasteiger partial charge in [0.25, 0.3) is 0 Å². The molecule has 7 nitrogen and oxygen atoms in total. The number of hydrogen-bond acceptors (Lipinski definition) is 6. The Morgan fingerprint density at radius 1 is 1.36 bits per heavy atom. The summed E-state index contributed by atoms with van der Waals surface area (Å²) in [5.41, 5.74) is 6.98. The van der Waals surface area contributed by atoms with Gasteiger partial charge in [-0.15, -0.1) is 11.3 Å². The summed E-state index contributed by atoms with van der Waals surface area (Å²) in [6, 6.07) is 0. The number of rotatable bonds is 3. The van der Waals surface area contributed by atoms with Gasteiger partial charge in [-0.05, 0) is 13.8 Å². The van der Waals surface area contributed by atoms with Crippen LogP contribution >= 0.6 is 11.3 Å². The van der Waals surface area contributed by atoms with Gasteiger partial charge in [-0.25, -0.2) is 15.0 Å². The van der Waals surface area contributed by atoms with E-state index >= 15 is 0 Å². The van der Waals surface area contributed by atoms with Crippen LogP contribution in [0.1, 0.15) is 17.3 Å². The quantitative estimate of drug-likeness (QED) is 0.679. The van der Waals surface area contributed by atoms with Gasteiger partial charge in [-0.3, -0.25) is 0 Å². The summed E-state index contributed by atoms with van der Waals surface area (Å²) in [6.45, 7) is 7.70. The number of aryl methyl sites for hydroxylation is 2. The highest BCUT2D eigenvalue weighted by Crippen LogP contribution is 2.18. The Kier molecular flexibility index (Phi) is 4.28. The summed E-state index contributed by atoms with van der Waals surface area (Å²) in [5, 5.41) is 3.07. The highest BCUT2D eigenvalue weighted by Gasteiger charge is 2.19. The molecule has 8 heteroatoms. The maximum atomic E-state index is 6.08. The van der Waals surface area contributed by atoms with Crippen LogP contribution in [0.2, 0.25) is 0 Å². The van der Waals surface area contributed by atoms with E-state index in [1.54, 1.807) is 11.3 Å². The molecular formula is C14H20N6OS. The number of aromatic nitrogens is 2. The van der Waals surface area contributed by atoms with Crippen LogP contribution in [-0.2, 0) is 6.54 Å². The Balaban J connectivity index is 1.55. The molecule has 3 rings (SSSR count). The average molecular weight is 320 g/mol. The van der Waals surface area contributed by atoms with E-state index in [4.69, 9.17) is 10.2 Å². The number of oxazole rings is 1. The third-order valence-corrected chi connectivity index (χ3v) is 4.57. The van der Waals surface area contributed by atoms with Gasteiger partial charge < -0.3 is 20.0 Å². The molecule has 1 aliphatic rings. The molecule has 0 saturated carbocycles. The fourth-order valence-corrected chi connectivity index (χ4v) is 3.05. The van der Waals surface area contributed by atoms with Crippen LogP contribution in [0.15, 0.2) is 21.0 Å². The second-order valence-corrected chi connectivity index (χ2v) is 6.09. The van der Waals surface area contributed by atoms with Crippen molar-refractivity contribution in [2.24, 2.45) is 10.7 Å². The van der Waals surface area contributed by atoms with Crippen molar-refractivity contribution >= 4 is 22.4 Å². The zero-order chi connectivity index (χ0) is 15.5. The molecule has 1 aliphatic heterocycles. The molecule has 0 radical (unpaired) electrons. The zero-order valence-electron chi connectivity index (χ0n) is 12.8. The van der Waals surface area contributed by atoms with E-state index in [-0.39, 0.29) is 0 Å². The molecule has 0 aromatic carbocycles. The fourth-order valence-electron chi connectivity index (χ4n) is 2.35. The normalized spacial score (nSPS) is 16.4. The summed E-state index contributed by atoms with van der Waals surface area (Å²) in [7, 11) is 0. The van der Waals surface area contributed by atoms with Gasteiger partial charge in [0, 0.05) is 37.8 Å².